The average Bonchev–Trinajstić information content (AvgIpc) is 2.96. The Kier molecular flexibility index (Phi) is 4.65. The Hall–Kier alpha value is -3.75. The summed E-state index contributed by atoms with van der Waals surface area (Å²) in [6, 6.07) is 10.0. The molecule has 0 spiro atoms. The van der Waals surface area contributed by atoms with Crippen molar-refractivity contribution < 1.29 is 19.1 Å². The summed E-state index contributed by atoms with van der Waals surface area (Å²) in [5.41, 5.74) is 3.87. The van der Waals surface area contributed by atoms with Gasteiger partial charge in [-0.25, -0.2) is 5.43 Å². The second kappa shape index (κ2) is 7.21. The smallest absolute Gasteiger partial charge is 0.402 e. The van der Waals surface area contributed by atoms with Crippen molar-refractivity contribution in [3.05, 3.63) is 70.8 Å². The number of carbonyl (C=O) groups excluding carboxylic acids is 1. The number of hydrogen-bond donors (Lipinski definition) is 1. The standard InChI is InChI=1S/C16H13N5O4/c1-11-16(20-25-21(11)23)24-14-4-2-12(3-5-14)10-18-19-15(22)13-6-8-17-9-7-13/h2-10H,1H3,(H,19,22)/b18-10+. The van der Waals surface area contributed by atoms with Gasteiger partial charge < -0.3 is 9.94 Å². The summed E-state index contributed by atoms with van der Waals surface area (Å²) in [7, 11) is 0. The fraction of sp³-hybridized carbons (Fsp3) is 0.0625. The topological polar surface area (TPSA) is 117 Å². The summed E-state index contributed by atoms with van der Waals surface area (Å²) in [5, 5.41) is 18.5. The second-order valence-corrected chi connectivity index (χ2v) is 4.93. The van der Waals surface area contributed by atoms with Crippen LogP contribution >= 0.6 is 0 Å². The molecule has 9 heteroatoms. The number of hydrazone groups is 1. The van der Waals surface area contributed by atoms with Gasteiger partial charge >= 0.3 is 5.88 Å². The highest BCUT2D eigenvalue weighted by Crippen LogP contribution is 2.20. The predicted molar refractivity (Wildman–Crippen MR) is 86.0 cm³/mol. The highest BCUT2D eigenvalue weighted by atomic mass is 16.8. The Balaban J connectivity index is 1.59. The molecule has 0 fully saturated rings. The van der Waals surface area contributed by atoms with E-state index in [9.17, 15) is 10.0 Å². The molecule has 0 saturated heterocycles. The molecule has 3 rings (SSSR count). The number of hydrogen-bond acceptors (Lipinski definition) is 7. The van der Waals surface area contributed by atoms with Crippen LogP contribution < -0.4 is 15.1 Å². The van der Waals surface area contributed by atoms with Gasteiger partial charge in [-0.2, -0.15) is 5.10 Å². The molecule has 0 atom stereocenters. The van der Waals surface area contributed by atoms with E-state index in [2.05, 4.69) is 25.3 Å². The van der Waals surface area contributed by atoms with E-state index >= 15 is 0 Å². The van der Waals surface area contributed by atoms with Crippen molar-refractivity contribution in [1.29, 1.82) is 0 Å². The molecule has 0 aliphatic rings. The summed E-state index contributed by atoms with van der Waals surface area (Å²) in [5.74, 6) is 0.252. The lowest BCUT2D eigenvalue weighted by atomic mass is 10.2. The summed E-state index contributed by atoms with van der Waals surface area (Å²) in [6.45, 7) is 1.53. The van der Waals surface area contributed by atoms with Gasteiger partial charge in [0, 0.05) is 24.9 Å². The minimum atomic E-state index is -0.328. The zero-order chi connectivity index (χ0) is 17.6. The molecule has 1 aromatic carbocycles. The van der Waals surface area contributed by atoms with E-state index < -0.39 is 0 Å². The van der Waals surface area contributed by atoms with Crippen molar-refractivity contribution in [3.8, 4) is 11.6 Å². The van der Waals surface area contributed by atoms with E-state index in [0.717, 1.165) is 5.56 Å². The Bertz CT molecular complexity index is 891. The fourth-order valence-electron chi connectivity index (χ4n) is 1.84. The van der Waals surface area contributed by atoms with Crippen molar-refractivity contribution >= 4 is 12.1 Å². The summed E-state index contributed by atoms with van der Waals surface area (Å²) in [4.78, 5) is 15.9. The van der Waals surface area contributed by atoms with Crippen LogP contribution in [0.2, 0.25) is 0 Å². The van der Waals surface area contributed by atoms with Crippen LogP contribution in [-0.4, -0.2) is 22.3 Å². The van der Waals surface area contributed by atoms with E-state index in [1.54, 1.807) is 36.4 Å². The zero-order valence-electron chi connectivity index (χ0n) is 13.1. The summed E-state index contributed by atoms with van der Waals surface area (Å²) in [6.07, 6.45) is 4.56. The Morgan fingerprint density at radius 2 is 2.00 bits per heavy atom. The van der Waals surface area contributed by atoms with Gasteiger partial charge in [0.25, 0.3) is 5.91 Å². The third-order valence-corrected chi connectivity index (χ3v) is 3.20. The first-order chi connectivity index (χ1) is 12.1. The number of benzene rings is 1. The number of amides is 1. The van der Waals surface area contributed by atoms with Gasteiger partial charge in [-0.1, -0.05) is 0 Å². The molecule has 0 aliphatic carbocycles. The first kappa shape index (κ1) is 16.1. The van der Waals surface area contributed by atoms with Gasteiger partial charge in [-0.3, -0.25) is 14.4 Å². The van der Waals surface area contributed by atoms with E-state index in [-0.39, 0.29) is 22.4 Å². The van der Waals surface area contributed by atoms with E-state index in [1.165, 1.54) is 25.5 Å². The van der Waals surface area contributed by atoms with E-state index in [0.29, 0.717) is 11.3 Å². The summed E-state index contributed by atoms with van der Waals surface area (Å²) >= 11 is 0. The van der Waals surface area contributed by atoms with Crippen LogP contribution in [0.15, 0.2) is 58.5 Å². The molecule has 2 heterocycles. The van der Waals surface area contributed by atoms with Crippen molar-refractivity contribution in [2.45, 2.75) is 6.92 Å². The number of nitrogens with one attached hydrogen (secondary N) is 1. The zero-order valence-corrected chi connectivity index (χ0v) is 13.1. The van der Waals surface area contributed by atoms with Gasteiger partial charge in [0.15, 0.2) is 0 Å². The van der Waals surface area contributed by atoms with Crippen LogP contribution in [0.3, 0.4) is 0 Å². The summed E-state index contributed by atoms with van der Waals surface area (Å²) < 4.78 is 9.86. The highest BCUT2D eigenvalue weighted by Gasteiger charge is 2.16. The quantitative estimate of drug-likeness (QED) is 0.428. The van der Waals surface area contributed by atoms with Gasteiger partial charge in [0.05, 0.1) is 11.4 Å². The van der Waals surface area contributed by atoms with E-state index in [1.807, 2.05) is 0 Å². The van der Waals surface area contributed by atoms with Crippen LogP contribution in [0.25, 0.3) is 0 Å². The molecule has 2 aromatic heterocycles. The van der Waals surface area contributed by atoms with Gasteiger partial charge in [0.1, 0.15) is 5.75 Å². The molecule has 25 heavy (non-hydrogen) atoms. The number of ether oxygens (including phenoxy) is 1. The molecule has 1 amide bonds. The molecule has 126 valence electrons. The van der Waals surface area contributed by atoms with Crippen molar-refractivity contribution in [2.75, 3.05) is 0 Å². The van der Waals surface area contributed by atoms with Crippen molar-refractivity contribution in [3.63, 3.8) is 0 Å². The maximum absolute atomic E-state index is 11.8. The Labute approximate surface area is 142 Å². The number of nitrogens with zero attached hydrogens (tertiary/aromatic N) is 4. The molecule has 3 aromatic rings. The SMILES string of the molecule is Cc1c(Oc2ccc(/C=N/NC(=O)c3ccncc3)cc2)no[n+]1[O-]. The lowest BCUT2D eigenvalue weighted by Crippen LogP contribution is -2.25. The highest BCUT2D eigenvalue weighted by molar-refractivity contribution is 5.94. The molecule has 9 nitrogen and oxygen atoms in total. The lowest BCUT2D eigenvalue weighted by molar-refractivity contribution is -0.806. The van der Waals surface area contributed by atoms with Crippen LogP contribution in [0.1, 0.15) is 21.6 Å². The molecular weight excluding hydrogens is 326 g/mol. The molecule has 0 aliphatic heterocycles. The maximum atomic E-state index is 11.8. The van der Waals surface area contributed by atoms with Gasteiger partial charge in [-0.15, -0.1) is 0 Å². The number of rotatable bonds is 5. The second-order valence-electron chi connectivity index (χ2n) is 4.93. The molecule has 0 saturated carbocycles. The molecular formula is C16H13N5O4. The number of aromatic nitrogens is 3. The first-order valence-corrected chi connectivity index (χ1v) is 7.21. The number of pyridine rings is 1. The minimum absolute atomic E-state index is 0.0982. The van der Waals surface area contributed by atoms with Crippen LogP contribution in [0.4, 0.5) is 0 Å². The average molecular weight is 339 g/mol. The fourth-order valence-corrected chi connectivity index (χ4v) is 1.84. The minimum Gasteiger partial charge on any atom is -0.416 e. The lowest BCUT2D eigenvalue weighted by Gasteiger charge is -2.01. The third-order valence-electron chi connectivity index (χ3n) is 3.20. The van der Waals surface area contributed by atoms with Crippen LogP contribution in [0.5, 0.6) is 11.6 Å². The maximum Gasteiger partial charge on any atom is 0.402 e. The molecule has 0 unspecified atom stereocenters. The Morgan fingerprint density at radius 3 is 2.64 bits per heavy atom. The first-order valence-electron chi connectivity index (χ1n) is 7.21. The third kappa shape index (κ3) is 3.96. The normalized spacial score (nSPS) is 10.8. The Morgan fingerprint density at radius 1 is 1.28 bits per heavy atom. The van der Waals surface area contributed by atoms with Crippen molar-refractivity contribution in [1.82, 2.24) is 15.6 Å². The predicted octanol–water partition coefficient (Wildman–Crippen LogP) is 1.57. The number of carbonyl (C=O) groups is 1. The largest absolute Gasteiger partial charge is 0.416 e. The van der Waals surface area contributed by atoms with Crippen molar-refractivity contribution in [2.24, 2.45) is 5.10 Å². The molecule has 0 bridgehead atoms. The molecule has 1 N–H and O–H groups in total. The monoisotopic (exact) mass is 339 g/mol. The van der Waals surface area contributed by atoms with E-state index in [4.69, 9.17) is 4.74 Å². The van der Waals surface area contributed by atoms with Crippen LogP contribution in [-0.2, 0) is 0 Å². The van der Waals surface area contributed by atoms with Gasteiger partial charge in [0.2, 0.25) is 5.69 Å². The molecule has 0 radical (unpaired) electrons. The van der Waals surface area contributed by atoms with Gasteiger partial charge in [-0.05, 0) is 46.9 Å². The van der Waals surface area contributed by atoms with Crippen LogP contribution in [0, 0.1) is 12.1 Å².